The third-order valence-electron chi connectivity index (χ3n) is 4.75. The van der Waals surface area contributed by atoms with E-state index in [4.69, 9.17) is 32.7 Å². The van der Waals surface area contributed by atoms with Gasteiger partial charge in [0.15, 0.2) is 11.5 Å². The van der Waals surface area contributed by atoms with Crippen LogP contribution in [-0.4, -0.2) is 25.5 Å². The van der Waals surface area contributed by atoms with E-state index in [2.05, 4.69) is 10.6 Å². The molecule has 3 aromatic rings. The molecular weight excluding hydrogens is 463 g/mol. The summed E-state index contributed by atoms with van der Waals surface area (Å²) in [6.07, 6.45) is 0.00689. The third kappa shape index (κ3) is 6.63. The molecule has 33 heavy (non-hydrogen) atoms. The number of benzene rings is 3. The predicted molar refractivity (Wildman–Crippen MR) is 129 cm³/mol. The SMILES string of the molecule is CCCOc1ccc(C(NC(=O)c2ccc(Cl)cc2)NC(=O)c2ccc(Cl)cc2)cc1OC. The van der Waals surface area contributed by atoms with Gasteiger partial charge in [0.25, 0.3) is 11.8 Å². The minimum atomic E-state index is -0.842. The van der Waals surface area contributed by atoms with Gasteiger partial charge in [-0.15, -0.1) is 0 Å². The molecule has 0 bridgehead atoms. The molecular formula is C25H24Cl2N2O4. The van der Waals surface area contributed by atoms with Crippen molar-refractivity contribution in [1.82, 2.24) is 10.6 Å². The molecule has 0 fully saturated rings. The van der Waals surface area contributed by atoms with Crippen LogP contribution in [0.1, 0.15) is 45.8 Å². The van der Waals surface area contributed by atoms with Crippen LogP contribution in [0.15, 0.2) is 66.7 Å². The van der Waals surface area contributed by atoms with Crippen LogP contribution in [0.2, 0.25) is 10.0 Å². The van der Waals surface area contributed by atoms with Crippen LogP contribution in [0.3, 0.4) is 0 Å². The van der Waals surface area contributed by atoms with E-state index in [1.807, 2.05) is 6.92 Å². The molecule has 0 saturated carbocycles. The van der Waals surface area contributed by atoms with Gasteiger partial charge in [-0.25, -0.2) is 0 Å². The van der Waals surface area contributed by atoms with Crippen LogP contribution >= 0.6 is 23.2 Å². The molecule has 3 aromatic carbocycles. The lowest BCUT2D eigenvalue weighted by Crippen LogP contribution is -2.41. The summed E-state index contributed by atoms with van der Waals surface area (Å²) in [5.74, 6) is 0.319. The highest BCUT2D eigenvalue weighted by molar-refractivity contribution is 6.31. The Labute approximate surface area is 202 Å². The van der Waals surface area contributed by atoms with Crippen molar-refractivity contribution in [3.8, 4) is 11.5 Å². The van der Waals surface area contributed by atoms with E-state index >= 15 is 0 Å². The summed E-state index contributed by atoms with van der Waals surface area (Å²) in [7, 11) is 1.53. The van der Waals surface area contributed by atoms with Gasteiger partial charge >= 0.3 is 0 Å². The largest absolute Gasteiger partial charge is 0.493 e. The van der Waals surface area contributed by atoms with Gasteiger partial charge in [-0.05, 0) is 72.6 Å². The molecule has 172 valence electrons. The van der Waals surface area contributed by atoms with E-state index < -0.39 is 6.17 Å². The van der Waals surface area contributed by atoms with Gasteiger partial charge in [-0.2, -0.15) is 0 Å². The minimum Gasteiger partial charge on any atom is -0.493 e. The Bertz CT molecular complexity index is 1040. The lowest BCUT2D eigenvalue weighted by atomic mass is 10.1. The Morgan fingerprint density at radius 3 is 1.79 bits per heavy atom. The molecule has 0 aromatic heterocycles. The van der Waals surface area contributed by atoms with Crippen LogP contribution in [-0.2, 0) is 0 Å². The second-order valence-corrected chi connectivity index (χ2v) is 8.03. The van der Waals surface area contributed by atoms with E-state index in [0.29, 0.717) is 44.8 Å². The smallest absolute Gasteiger partial charge is 0.253 e. The highest BCUT2D eigenvalue weighted by atomic mass is 35.5. The third-order valence-corrected chi connectivity index (χ3v) is 5.25. The highest BCUT2D eigenvalue weighted by Gasteiger charge is 2.21. The zero-order valence-electron chi connectivity index (χ0n) is 18.2. The number of hydrogen-bond acceptors (Lipinski definition) is 4. The molecule has 0 saturated heterocycles. The molecule has 2 N–H and O–H groups in total. The molecule has 3 rings (SSSR count). The van der Waals surface area contributed by atoms with E-state index in [9.17, 15) is 9.59 Å². The molecule has 8 heteroatoms. The molecule has 0 aliphatic carbocycles. The zero-order chi connectivity index (χ0) is 23.8. The molecule has 0 aliphatic heterocycles. The summed E-state index contributed by atoms with van der Waals surface area (Å²) < 4.78 is 11.2. The summed E-state index contributed by atoms with van der Waals surface area (Å²) >= 11 is 11.9. The number of hydrogen-bond donors (Lipinski definition) is 2. The topological polar surface area (TPSA) is 76.7 Å². The number of halogens is 2. The first-order valence-electron chi connectivity index (χ1n) is 10.3. The molecule has 6 nitrogen and oxygen atoms in total. The van der Waals surface area contributed by atoms with Crippen LogP contribution in [0, 0.1) is 0 Å². The number of amides is 2. The molecule has 0 aliphatic rings. The number of rotatable bonds is 9. The number of methoxy groups -OCH3 is 1. The van der Waals surface area contributed by atoms with Crippen molar-refractivity contribution in [1.29, 1.82) is 0 Å². The quantitative estimate of drug-likeness (QED) is 0.383. The first-order valence-corrected chi connectivity index (χ1v) is 11.1. The number of carbonyl (C=O) groups excluding carboxylic acids is 2. The maximum Gasteiger partial charge on any atom is 0.253 e. The van der Waals surface area contributed by atoms with Crippen molar-refractivity contribution >= 4 is 35.0 Å². The Morgan fingerprint density at radius 1 is 0.818 bits per heavy atom. The van der Waals surface area contributed by atoms with Gasteiger partial charge in [-0.1, -0.05) is 36.2 Å². The van der Waals surface area contributed by atoms with Crippen LogP contribution in [0.5, 0.6) is 11.5 Å². The summed E-state index contributed by atoms with van der Waals surface area (Å²) in [6, 6.07) is 18.2. The van der Waals surface area contributed by atoms with Gasteiger partial charge in [0.2, 0.25) is 0 Å². The molecule has 2 amide bonds. The fourth-order valence-electron chi connectivity index (χ4n) is 3.03. The van der Waals surface area contributed by atoms with Crippen LogP contribution in [0.25, 0.3) is 0 Å². The Balaban J connectivity index is 1.90. The summed E-state index contributed by atoms with van der Waals surface area (Å²) in [5, 5.41) is 6.76. The van der Waals surface area contributed by atoms with Crippen molar-refractivity contribution in [2.45, 2.75) is 19.5 Å². The van der Waals surface area contributed by atoms with Gasteiger partial charge in [0.05, 0.1) is 13.7 Å². The second-order valence-electron chi connectivity index (χ2n) is 7.15. The van der Waals surface area contributed by atoms with Gasteiger partial charge in [-0.3, -0.25) is 9.59 Å². The minimum absolute atomic E-state index is 0.377. The zero-order valence-corrected chi connectivity index (χ0v) is 19.7. The first kappa shape index (κ1) is 24.4. The van der Waals surface area contributed by atoms with Gasteiger partial charge in [0, 0.05) is 21.2 Å². The standard InChI is InChI=1S/C25H24Cl2N2O4/c1-3-14-33-21-13-8-18(15-22(21)32-2)23(28-24(30)16-4-9-19(26)10-5-16)29-25(31)17-6-11-20(27)12-7-17/h4-13,15,23H,3,14H2,1-2H3,(H,28,30)(H,29,31). The van der Waals surface area contributed by atoms with E-state index in [-0.39, 0.29) is 11.8 Å². The van der Waals surface area contributed by atoms with Gasteiger partial charge < -0.3 is 20.1 Å². The van der Waals surface area contributed by atoms with Crippen molar-refractivity contribution in [2.24, 2.45) is 0 Å². The van der Waals surface area contributed by atoms with Gasteiger partial charge in [0.1, 0.15) is 6.17 Å². The molecule has 0 radical (unpaired) electrons. The van der Waals surface area contributed by atoms with Crippen molar-refractivity contribution < 1.29 is 19.1 Å². The summed E-state index contributed by atoms with van der Waals surface area (Å²) in [6.45, 7) is 2.55. The monoisotopic (exact) mass is 486 g/mol. The Hall–Kier alpha value is -3.22. The number of nitrogens with one attached hydrogen (secondary N) is 2. The van der Waals surface area contributed by atoms with E-state index in [0.717, 1.165) is 6.42 Å². The van der Waals surface area contributed by atoms with E-state index in [1.165, 1.54) is 7.11 Å². The van der Waals surface area contributed by atoms with Crippen molar-refractivity contribution in [3.63, 3.8) is 0 Å². The fraction of sp³-hybridized carbons (Fsp3) is 0.200. The molecule has 0 atom stereocenters. The highest BCUT2D eigenvalue weighted by Crippen LogP contribution is 2.30. The molecule has 0 heterocycles. The molecule has 0 unspecified atom stereocenters. The normalized spacial score (nSPS) is 10.6. The first-order chi connectivity index (χ1) is 15.9. The maximum atomic E-state index is 12.9. The fourth-order valence-corrected chi connectivity index (χ4v) is 3.28. The number of carbonyl (C=O) groups is 2. The molecule has 0 spiro atoms. The Morgan fingerprint density at radius 2 is 1.33 bits per heavy atom. The maximum absolute atomic E-state index is 12.9. The lowest BCUT2D eigenvalue weighted by molar-refractivity contribution is 0.0883. The summed E-state index contributed by atoms with van der Waals surface area (Å²) in [4.78, 5) is 25.8. The number of ether oxygens (including phenoxy) is 2. The predicted octanol–water partition coefficient (Wildman–Crippen LogP) is 5.65. The lowest BCUT2D eigenvalue weighted by Gasteiger charge is -2.22. The van der Waals surface area contributed by atoms with Crippen LogP contribution in [0.4, 0.5) is 0 Å². The van der Waals surface area contributed by atoms with Crippen LogP contribution < -0.4 is 20.1 Å². The second kappa shape index (κ2) is 11.6. The summed E-state index contributed by atoms with van der Waals surface area (Å²) in [5.41, 5.74) is 1.42. The average Bonchev–Trinajstić information content (AvgIpc) is 2.83. The van der Waals surface area contributed by atoms with Crippen molar-refractivity contribution in [3.05, 3.63) is 93.5 Å². The van der Waals surface area contributed by atoms with Crippen molar-refractivity contribution in [2.75, 3.05) is 13.7 Å². The average molecular weight is 487 g/mol. The van der Waals surface area contributed by atoms with E-state index in [1.54, 1.807) is 66.7 Å². The Kier molecular flexibility index (Phi) is 8.58.